The maximum Gasteiger partial charge on any atom is 0.329 e. The Morgan fingerprint density at radius 2 is 1.67 bits per heavy atom. The fraction of sp³-hybridized carbons (Fsp3) is 0.875. The van der Waals surface area contributed by atoms with Gasteiger partial charge in [-0.25, -0.2) is 4.79 Å². The lowest BCUT2D eigenvalue weighted by Crippen LogP contribution is -2.55. The van der Waals surface area contributed by atoms with Gasteiger partial charge in [0.1, 0.15) is 11.6 Å². The number of rotatable bonds is 5. The zero-order chi connectivity index (χ0) is 15.3. The second-order valence-electron chi connectivity index (χ2n) is 6.48. The van der Waals surface area contributed by atoms with Crippen LogP contribution < -0.4 is 5.32 Å². The number of carbonyl (C=O) groups excluding carboxylic acids is 1. The first-order chi connectivity index (χ1) is 10.0. The van der Waals surface area contributed by atoms with Crippen LogP contribution in [0.1, 0.15) is 71.1 Å². The zero-order valence-corrected chi connectivity index (χ0v) is 12.9. The molecule has 0 saturated heterocycles. The number of aliphatic carboxylic acids is 1. The van der Waals surface area contributed by atoms with Crippen LogP contribution in [-0.2, 0) is 14.3 Å². The van der Waals surface area contributed by atoms with Crippen molar-refractivity contribution in [2.45, 2.75) is 88.9 Å². The summed E-state index contributed by atoms with van der Waals surface area (Å²) in [6.07, 6.45) is 9.08. The molecule has 2 fully saturated rings. The van der Waals surface area contributed by atoms with Gasteiger partial charge in [-0.05, 0) is 32.6 Å². The average Bonchev–Trinajstić information content (AvgIpc) is 2.77. The van der Waals surface area contributed by atoms with Gasteiger partial charge in [-0.1, -0.05) is 38.5 Å². The minimum Gasteiger partial charge on any atom is -0.480 e. The van der Waals surface area contributed by atoms with Gasteiger partial charge in [0.05, 0.1) is 6.10 Å². The summed E-state index contributed by atoms with van der Waals surface area (Å²) in [5.41, 5.74) is -1.07. The molecule has 0 aromatic carbocycles. The van der Waals surface area contributed by atoms with Gasteiger partial charge in [-0.2, -0.15) is 0 Å². The van der Waals surface area contributed by atoms with Crippen molar-refractivity contribution in [3.8, 4) is 0 Å². The molecule has 5 heteroatoms. The molecule has 0 aromatic rings. The topological polar surface area (TPSA) is 75.6 Å². The summed E-state index contributed by atoms with van der Waals surface area (Å²) < 4.78 is 5.86. The number of carboxylic acid groups (broad SMARTS) is 1. The van der Waals surface area contributed by atoms with E-state index < -0.39 is 17.6 Å². The number of carbonyl (C=O) groups is 2. The molecule has 0 heterocycles. The third kappa shape index (κ3) is 4.19. The second-order valence-corrected chi connectivity index (χ2v) is 6.48. The molecule has 0 spiro atoms. The summed E-state index contributed by atoms with van der Waals surface area (Å²) in [5, 5.41) is 12.1. The van der Waals surface area contributed by atoms with Crippen molar-refractivity contribution < 1.29 is 19.4 Å². The third-order valence-electron chi connectivity index (χ3n) is 4.80. The molecule has 2 rings (SSSR count). The van der Waals surface area contributed by atoms with E-state index >= 15 is 0 Å². The second kappa shape index (κ2) is 7.25. The van der Waals surface area contributed by atoms with Crippen LogP contribution in [0.25, 0.3) is 0 Å². The lowest BCUT2D eigenvalue weighted by atomic mass is 9.97. The van der Waals surface area contributed by atoms with Crippen molar-refractivity contribution in [2.24, 2.45) is 0 Å². The van der Waals surface area contributed by atoms with Gasteiger partial charge < -0.3 is 15.2 Å². The molecule has 21 heavy (non-hydrogen) atoms. The maximum atomic E-state index is 12.3. The Morgan fingerprint density at radius 3 is 2.19 bits per heavy atom. The van der Waals surface area contributed by atoms with Crippen LogP contribution in [0.2, 0.25) is 0 Å². The Morgan fingerprint density at radius 1 is 1.10 bits per heavy atom. The molecule has 1 atom stereocenters. The van der Waals surface area contributed by atoms with Crippen LogP contribution in [0, 0.1) is 0 Å². The molecule has 2 aliphatic carbocycles. The number of amides is 1. The third-order valence-corrected chi connectivity index (χ3v) is 4.80. The molecule has 0 aromatic heterocycles. The van der Waals surface area contributed by atoms with Gasteiger partial charge in [-0.15, -0.1) is 0 Å². The Kier molecular flexibility index (Phi) is 5.62. The summed E-state index contributed by atoms with van der Waals surface area (Å²) in [6, 6.07) is 0. The maximum absolute atomic E-state index is 12.3. The summed E-state index contributed by atoms with van der Waals surface area (Å²) in [5.74, 6) is -1.21. The van der Waals surface area contributed by atoms with Crippen LogP contribution in [0.15, 0.2) is 0 Å². The number of ether oxygens (including phenoxy) is 1. The van der Waals surface area contributed by atoms with Gasteiger partial charge in [0, 0.05) is 0 Å². The van der Waals surface area contributed by atoms with E-state index in [4.69, 9.17) is 4.74 Å². The van der Waals surface area contributed by atoms with E-state index in [9.17, 15) is 14.7 Å². The van der Waals surface area contributed by atoms with Crippen LogP contribution in [0.3, 0.4) is 0 Å². The van der Waals surface area contributed by atoms with Crippen molar-refractivity contribution in [3.05, 3.63) is 0 Å². The number of nitrogens with one attached hydrogen (secondary N) is 1. The zero-order valence-electron chi connectivity index (χ0n) is 12.9. The first-order valence-corrected chi connectivity index (χ1v) is 8.24. The van der Waals surface area contributed by atoms with E-state index in [1.165, 1.54) is 12.8 Å². The molecule has 2 aliphatic rings. The Labute approximate surface area is 126 Å². The van der Waals surface area contributed by atoms with Crippen molar-refractivity contribution in [1.29, 1.82) is 0 Å². The predicted octanol–water partition coefficient (Wildman–Crippen LogP) is 2.63. The van der Waals surface area contributed by atoms with E-state index in [0.717, 1.165) is 38.5 Å². The Hall–Kier alpha value is -1.10. The summed E-state index contributed by atoms with van der Waals surface area (Å²) in [7, 11) is 0. The van der Waals surface area contributed by atoms with Crippen molar-refractivity contribution in [2.75, 3.05) is 0 Å². The summed E-state index contributed by atoms with van der Waals surface area (Å²) in [6.45, 7) is 1.73. The highest BCUT2D eigenvalue weighted by molar-refractivity contribution is 5.89. The molecule has 2 saturated carbocycles. The van der Waals surface area contributed by atoms with Gasteiger partial charge >= 0.3 is 5.97 Å². The van der Waals surface area contributed by atoms with Crippen molar-refractivity contribution in [1.82, 2.24) is 5.32 Å². The SMILES string of the molecule is CC(OC1CCCCCC1)C(=O)NC1(C(=O)O)CCCC1. The van der Waals surface area contributed by atoms with Crippen LogP contribution >= 0.6 is 0 Å². The molecule has 2 N–H and O–H groups in total. The molecule has 120 valence electrons. The molecule has 0 radical (unpaired) electrons. The number of hydrogen-bond acceptors (Lipinski definition) is 3. The molecule has 1 unspecified atom stereocenters. The van der Waals surface area contributed by atoms with E-state index in [1.807, 2.05) is 0 Å². The monoisotopic (exact) mass is 297 g/mol. The van der Waals surface area contributed by atoms with E-state index in [2.05, 4.69) is 5.32 Å². The molecule has 0 aliphatic heterocycles. The Bertz CT molecular complexity index is 368. The molecular weight excluding hydrogens is 270 g/mol. The smallest absolute Gasteiger partial charge is 0.329 e. The highest BCUT2D eigenvalue weighted by Crippen LogP contribution is 2.30. The average molecular weight is 297 g/mol. The van der Waals surface area contributed by atoms with Gasteiger partial charge in [0.25, 0.3) is 0 Å². The largest absolute Gasteiger partial charge is 0.480 e. The van der Waals surface area contributed by atoms with E-state index in [0.29, 0.717) is 12.8 Å². The molecule has 0 bridgehead atoms. The van der Waals surface area contributed by atoms with Crippen molar-refractivity contribution in [3.63, 3.8) is 0 Å². The lowest BCUT2D eigenvalue weighted by Gasteiger charge is -2.28. The first kappa shape index (κ1) is 16.3. The number of hydrogen-bond donors (Lipinski definition) is 2. The van der Waals surface area contributed by atoms with Crippen LogP contribution in [-0.4, -0.2) is 34.7 Å². The summed E-state index contributed by atoms with van der Waals surface area (Å²) >= 11 is 0. The minimum atomic E-state index is -1.07. The fourth-order valence-corrected chi connectivity index (χ4v) is 3.44. The fourth-order valence-electron chi connectivity index (χ4n) is 3.44. The molecular formula is C16H27NO4. The lowest BCUT2D eigenvalue weighted by molar-refractivity contribution is -0.150. The molecule has 1 amide bonds. The van der Waals surface area contributed by atoms with Gasteiger partial charge in [0.15, 0.2) is 0 Å². The predicted molar refractivity (Wildman–Crippen MR) is 79.0 cm³/mol. The minimum absolute atomic E-state index is 0.137. The standard InChI is InChI=1S/C16H27NO4/c1-12(21-13-8-4-2-3-5-9-13)14(18)17-16(15(19)20)10-6-7-11-16/h12-13H,2-11H2,1H3,(H,17,18)(H,19,20). The van der Waals surface area contributed by atoms with Crippen LogP contribution in [0.4, 0.5) is 0 Å². The summed E-state index contributed by atoms with van der Waals surface area (Å²) in [4.78, 5) is 23.7. The van der Waals surface area contributed by atoms with E-state index in [-0.39, 0.29) is 12.0 Å². The van der Waals surface area contributed by atoms with Crippen molar-refractivity contribution >= 4 is 11.9 Å². The number of carboxylic acids is 1. The molecule has 5 nitrogen and oxygen atoms in total. The highest BCUT2D eigenvalue weighted by Gasteiger charge is 2.43. The Balaban J connectivity index is 1.88. The normalized spacial score (nSPS) is 24.2. The van der Waals surface area contributed by atoms with Crippen LogP contribution in [0.5, 0.6) is 0 Å². The van der Waals surface area contributed by atoms with E-state index in [1.54, 1.807) is 6.92 Å². The highest BCUT2D eigenvalue weighted by atomic mass is 16.5. The van der Waals surface area contributed by atoms with Gasteiger partial charge in [0.2, 0.25) is 5.91 Å². The first-order valence-electron chi connectivity index (χ1n) is 8.24. The quantitative estimate of drug-likeness (QED) is 0.765. The van der Waals surface area contributed by atoms with Gasteiger partial charge in [-0.3, -0.25) is 4.79 Å².